The van der Waals surface area contributed by atoms with E-state index in [0.717, 1.165) is 11.3 Å². The minimum absolute atomic E-state index is 0.278. The molecule has 7 heteroatoms. The van der Waals surface area contributed by atoms with Crippen LogP contribution in [0, 0.1) is 6.92 Å². The molecule has 2 heterocycles. The number of nitrogens with one attached hydrogen (secondary N) is 1. The summed E-state index contributed by atoms with van der Waals surface area (Å²) in [4.78, 5) is 28.5. The first kappa shape index (κ1) is 19.2. The number of pyridine rings is 1. The molecule has 0 aliphatic rings. The summed E-state index contributed by atoms with van der Waals surface area (Å²) in [5, 5.41) is 2.82. The number of imidazole rings is 1. The van der Waals surface area contributed by atoms with E-state index in [1.807, 2.05) is 35.0 Å². The van der Waals surface area contributed by atoms with Gasteiger partial charge in [-0.15, -0.1) is 0 Å². The number of hydrogen-bond acceptors (Lipinski definition) is 4. The lowest BCUT2D eigenvalue weighted by atomic mass is 10.1. The van der Waals surface area contributed by atoms with Crippen LogP contribution in [-0.2, 0) is 6.61 Å². The van der Waals surface area contributed by atoms with Crippen LogP contribution in [0.4, 0.5) is 5.69 Å². The van der Waals surface area contributed by atoms with Crippen LogP contribution in [0.1, 0.15) is 32.0 Å². The van der Waals surface area contributed by atoms with Crippen LogP contribution in [0.15, 0.2) is 73.1 Å². The Hall–Kier alpha value is -4.13. The van der Waals surface area contributed by atoms with Crippen molar-refractivity contribution >= 4 is 23.1 Å². The lowest BCUT2D eigenvalue weighted by Crippen LogP contribution is -2.15. The molecular weight excluding hydrogens is 380 g/mol. The van der Waals surface area contributed by atoms with E-state index >= 15 is 0 Å². The fourth-order valence-corrected chi connectivity index (χ4v) is 3.16. The third-order valence-corrected chi connectivity index (χ3v) is 4.65. The summed E-state index contributed by atoms with van der Waals surface area (Å²) < 4.78 is 7.74. The molecule has 0 saturated carbocycles. The van der Waals surface area contributed by atoms with Gasteiger partial charge in [0.25, 0.3) is 5.91 Å². The molecule has 30 heavy (non-hydrogen) atoms. The van der Waals surface area contributed by atoms with Crippen molar-refractivity contribution in [1.82, 2.24) is 9.38 Å². The van der Waals surface area contributed by atoms with Crippen LogP contribution in [0.2, 0.25) is 0 Å². The normalized spacial score (nSPS) is 10.7. The Morgan fingerprint density at radius 1 is 1.10 bits per heavy atom. The first-order valence-corrected chi connectivity index (χ1v) is 9.37. The third-order valence-electron chi connectivity index (χ3n) is 4.65. The zero-order valence-electron chi connectivity index (χ0n) is 16.3. The fourth-order valence-electron chi connectivity index (χ4n) is 3.16. The van der Waals surface area contributed by atoms with Crippen LogP contribution < -0.4 is 15.8 Å². The number of ether oxygens (including phenoxy) is 1. The quantitative estimate of drug-likeness (QED) is 0.517. The Morgan fingerprint density at radius 2 is 1.97 bits per heavy atom. The minimum Gasteiger partial charge on any atom is -0.487 e. The van der Waals surface area contributed by atoms with Crippen LogP contribution in [0.3, 0.4) is 0 Å². The van der Waals surface area contributed by atoms with E-state index in [2.05, 4.69) is 10.3 Å². The van der Waals surface area contributed by atoms with E-state index in [1.165, 1.54) is 0 Å². The first-order valence-electron chi connectivity index (χ1n) is 9.37. The molecule has 0 aliphatic heterocycles. The summed E-state index contributed by atoms with van der Waals surface area (Å²) in [5.41, 5.74) is 9.13. The highest BCUT2D eigenvalue weighted by Crippen LogP contribution is 2.19. The highest BCUT2D eigenvalue weighted by molar-refractivity contribution is 6.05. The predicted octanol–water partition coefficient (Wildman–Crippen LogP) is 3.57. The SMILES string of the molecule is Cc1cc(NC(=O)c2cccc(OCc3cn4ccccc4n3)c2)ccc1C(N)=O. The monoisotopic (exact) mass is 400 g/mol. The van der Waals surface area contributed by atoms with Gasteiger partial charge in [-0.3, -0.25) is 9.59 Å². The average molecular weight is 400 g/mol. The van der Waals surface area contributed by atoms with Crippen LogP contribution in [-0.4, -0.2) is 21.2 Å². The van der Waals surface area contributed by atoms with Gasteiger partial charge < -0.3 is 20.2 Å². The van der Waals surface area contributed by atoms with E-state index in [0.29, 0.717) is 34.7 Å². The standard InChI is InChI=1S/C23H20N4O3/c1-15-11-17(8-9-20(15)22(24)28)26-23(29)16-5-4-6-19(12-16)30-14-18-13-27-10-3-2-7-21(27)25-18/h2-13H,14H2,1H3,(H2,24,28)(H,26,29). The average Bonchev–Trinajstić information content (AvgIpc) is 3.15. The lowest BCUT2D eigenvalue weighted by molar-refractivity contribution is 0.0997. The number of primary amides is 1. The molecule has 0 saturated heterocycles. The number of carbonyl (C=O) groups is 2. The maximum Gasteiger partial charge on any atom is 0.255 e. The van der Waals surface area contributed by atoms with Crippen molar-refractivity contribution in [1.29, 1.82) is 0 Å². The second kappa shape index (κ2) is 8.08. The molecule has 2 aromatic heterocycles. The molecule has 2 aromatic carbocycles. The number of nitrogens with zero attached hydrogens (tertiary/aromatic N) is 2. The van der Waals surface area contributed by atoms with Gasteiger partial charge in [-0.2, -0.15) is 0 Å². The number of fused-ring (bicyclic) bond motifs is 1. The zero-order valence-corrected chi connectivity index (χ0v) is 16.3. The summed E-state index contributed by atoms with van der Waals surface area (Å²) in [6.45, 7) is 2.06. The van der Waals surface area contributed by atoms with Gasteiger partial charge in [-0.25, -0.2) is 4.98 Å². The molecule has 150 valence electrons. The molecule has 2 amide bonds. The molecule has 4 aromatic rings. The third kappa shape index (κ3) is 4.15. The summed E-state index contributed by atoms with van der Waals surface area (Å²) in [6, 6.07) is 17.7. The highest BCUT2D eigenvalue weighted by atomic mass is 16.5. The summed E-state index contributed by atoms with van der Waals surface area (Å²) >= 11 is 0. The van der Waals surface area contributed by atoms with Crippen molar-refractivity contribution in [3.05, 3.63) is 95.4 Å². The van der Waals surface area contributed by atoms with E-state index in [-0.39, 0.29) is 5.91 Å². The number of aryl methyl sites for hydroxylation is 1. The Kier molecular flexibility index (Phi) is 5.17. The number of aromatic nitrogens is 2. The molecule has 0 bridgehead atoms. The molecule has 0 aliphatic carbocycles. The Bertz CT molecular complexity index is 1210. The van der Waals surface area contributed by atoms with Crippen molar-refractivity contribution in [2.75, 3.05) is 5.32 Å². The minimum atomic E-state index is -0.499. The van der Waals surface area contributed by atoms with Crippen molar-refractivity contribution in [2.45, 2.75) is 13.5 Å². The smallest absolute Gasteiger partial charge is 0.255 e. The van der Waals surface area contributed by atoms with Gasteiger partial charge in [-0.1, -0.05) is 12.1 Å². The second-order valence-electron chi connectivity index (χ2n) is 6.86. The number of hydrogen-bond donors (Lipinski definition) is 2. The number of nitrogens with two attached hydrogens (primary N) is 1. The number of benzene rings is 2. The van der Waals surface area contributed by atoms with Gasteiger partial charge in [0.1, 0.15) is 18.0 Å². The molecule has 7 nitrogen and oxygen atoms in total. The van der Waals surface area contributed by atoms with E-state index < -0.39 is 5.91 Å². The van der Waals surface area contributed by atoms with Gasteiger partial charge in [0.2, 0.25) is 5.91 Å². The molecule has 3 N–H and O–H groups in total. The predicted molar refractivity (Wildman–Crippen MR) is 114 cm³/mol. The van der Waals surface area contributed by atoms with E-state index in [4.69, 9.17) is 10.5 Å². The van der Waals surface area contributed by atoms with Crippen molar-refractivity contribution in [3.8, 4) is 5.75 Å². The number of rotatable bonds is 6. The summed E-state index contributed by atoms with van der Waals surface area (Å²) in [5.74, 6) is -0.208. The van der Waals surface area contributed by atoms with Crippen molar-refractivity contribution in [2.24, 2.45) is 5.73 Å². The number of amides is 2. The van der Waals surface area contributed by atoms with Crippen LogP contribution in [0.25, 0.3) is 5.65 Å². The Balaban J connectivity index is 1.44. The van der Waals surface area contributed by atoms with Gasteiger partial charge in [0.05, 0.1) is 5.69 Å². The summed E-state index contributed by atoms with van der Waals surface area (Å²) in [7, 11) is 0. The molecule has 0 fully saturated rings. The van der Waals surface area contributed by atoms with Gasteiger partial charge in [0.15, 0.2) is 0 Å². The van der Waals surface area contributed by atoms with Gasteiger partial charge in [-0.05, 0) is 61.0 Å². The molecular formula is C23H20N4O3. The fraction of sp³-hybridized carbons (Fsp3) is 0.0870. The molecule has 0 spiro atoms. The van der Waals surface area contributed by atoms with Gasteiger partial charge >= 0.3 is 0 Å². The number of carbonyl (C=O) groups excluding carboxylic acids is 2. The molecule has 0 unspecified atom stereocenters. The molecule has 4 rings (SSSR count). The first-order chi connectivity index (χ1) is 14.5. The zero-order chi connectivity index (χ0) is 21.1. The highest BCUT2D eigenvalue weighted by Gasteiger charge is 2.10. The van der Waals surface area contributed by atoms with Crippen LogP contribution in [0.5, 0.6) is 5.75 Å². The summed E-state index contributed by atoms with van der Waals surface area (Å²) in [6.07, 6.45) is 3.83. The molecule has 0 atom stereocenters. The van der Waals surface area contributed by atoms with Crippen molar-refractivity contribution in [3.63, 3.8) is 0 Å². The second-order valence-corrected chi connectivity index (χ2v) is 6.86. The Morgan fingerprint density at radius 3 is 2.73 bits per heavy atom. The molecule has 0 radical (unpaired) electrons. The van der Waals surface area contributed by atoms with Crippen LogP contribution >= 0.6 is 0 Å². The Labute approximate surface area is 173 Å². The van der Waals surface area contributed by atoms with Gasteiger partial charge in [0, 0.05) is 29.2 Å². The van der Waals surface area contributed by atoms with E-state index in [1.54, 1.807) is 49.4 Å². The largest absolute Gasteiger partial charge is 0.487 e. The maximum absolute atomic E-state index is 12.6. The number of anilines is 1. The van der Waals surface area contributed by atoms with E-state index in [9.17, 15) is 9.59 Å². The topological polar surface area (TPSA) is 98.7 Å². The lowest BCUT2D eigenvalue weighted by Gasteiger charge is -2.10. The van der Waals surface area contributed by atoms with Crippen molar-refractivity contribution < 1.29 is 14.3 Å². The maximum atomic E-state index is 12.6.